The number of hydrogen-bond acceptors (Lipinski definition) is 3. The van der Waals surface area contributed by atoms with E-state index in [1.165, 1.54) is 6.42 Å². The number of amides is 1. The molecule has 20 heavy (non-hydrogen) atoms. The van der Waals surface area contributed by atoms with Crippen molar-refractivity contribution in [1.82, 2.24) is 15.5 Å². The van der Waals surface area contributed by atoms with E-state index in [1.54, 1.807) is 13.3 Å². The van der Waals surface area contributed by atoms with Gasteiger partial charge < -0.3 is 10.1 Å². The van der Waals surface area contributed by atoms with Crippen LogP contribution in [-0.2, 0) is 4.74 Å². The predicted octanol–water partition coefficient (Wildman–Crippen LogP) is 2.11. The van der Waals surface area contributed by atoms with Crippen LogP contribution in [0.3, 0.4) is 0 Å². The molecule has 2 atom stereocenters. The molecule has 2 aromatic rings. The number of fused-ring (bicyclic) bond motifs is 1. The van der Waals surface area contributed by atoms with Gasteiger partial charge in [0.25, 0.3) is 5.91 Å². The van der Waals surface area contributed by atoms with Crippen LogP contribution in [0.5, 0.6) is 0 Å². The molecule has 1 fully saturated rings. The van der Waals surface area contributed by atoms with Crippen molar-refractivity contribution in [3.63, 3.8) is 0 Å². The number of carbonyl (C=O) groups excluding carboxylic acids is 1. The molecule has 1 heterocycles. The Hall–Kier alpha value is -1.88. The molecule has 106 valence electrons. The fourth-order valence-corrected chi connectivity index (χ4v) is 3.02. The summed E-state index contributed by atoms with van der Waals surface area (Å²) in [7, 11) is 1.75. The van der Waals surface area contributed by atoms with E-state index in [0.29, 0.717) is 18.0 Å². The number of nitrogens with zero attached hydrogens (tertiary/aromatic N) is 1. The van der Waals surface area contributed by atoms with Crippen molar-refractivity contribution < 1.29 is 9.53 Å². The fourth-order valence-electron chi connectivity index (χ4n) is 3.02. The summed E-state index contributed by atoms with van der Waals surface area (Å²) < 4.78 is 5.45. The molecule has 0 spiro atoms. The monoisotopic (exact) mass is 273 g/mol. The Morgan fingerprint density at radius 1 is 1.50 bits per heavy atom. The Labute approximate surface area is 117 Å². The van der Waals surface area contributed by atoms with Crippen molar-refractivity contribution >= 4 is 16.8 Å². The summed E-state index contributed by atoms with van der Waals surface area (Å²) >= 11 is 0. The van der Waals surface area contributed by atoms with Crippen molar-refractivity contribution in [2.24, 2.45) is 5.92 Å². The summed E-state index contributed by atoms with van der Waals surface area (Å²) in [5, 5.41) is 10.8. The van der Waals surface area contributed by atoms with Gasteiger partial charge in [-0.15, -0.1) is 0 Å². The average Bonchev–Trinajstić information content (AvgIpc) is 3.12. The lowest BCUT2D eigenvalue weighted by Gasteiger charge is -2.18. The van der Waals surface area contributed by atoms with Crippen LogP contribution in [0.25, 0.3) is 10.9 Å². The summed E-state index contributed by atoms with van der Waals surface area (Å²) in [6.45, 7) is 0.669. The minimum atomic E-state index is -0.0541. The molecule has 1 aliphatic carbocycles. The lowest BCUT2D eigenvalue weighted by molar-refractivity contribution is 0.0684. The Morgan fingerprint density at radius 3 is 3.25 bits per heavy atom. The maximum atomic E-state index is 12.3. The molecule has 1 aromatic carbocycles. The first-order valence-corrected chi connectivity index (χ1v) is 7.02. The zero-order valence-electron chi connectivity index (χ0n) is 11.6. The first kappa shape index (κ1) is 13.1. The Balaban J connectivity index is 1.69. The van der Waals surface area contributed by atoms with Crippen LogP contribution < -0.4 is 5.32 Å². The molecular formula is C15H19N3O2. The van der Waals surface area contributed by atoms with Gasteiger partial charge in [0.05, 0.1) is 23.4 Å². The van der Waals surface area contributed by atoms with E-state index in [-0.39, 0.29) is 12.0 Å². The largest absolute Gasteiger partial charge is 0.381 e. The topological polar surface area (TPSA) is 67.0 Å². The Morgan fingerprint density at radius 2 is 2.40 bits per heavy atom. The molecule has 5 heteroatoms. The first-order chi connectivity index (χ1) is 9.79. The molecule has 0 radical (unpaired) electrons. The van der Waals surface area contributed by atoms with Gasteiger partial charge in [-0.3, -0.25) is 9.89 Å². The Bertz CT molecular complexity index is 608. The third-order valence-corrected chi connectivity index (χ3v) is 4.14. The van der Waals surface area contributed by atoms with Crippen LogP contribution in [0.15, 0.2) is 24.4 Å². The molecule has 5 nitrogen and oxygen atoms in total. The number of carbonyl (C=O) groups is 1. The van der Waals surface area contributed by atoms with Gasteiger partial charge in [0, 0.05) is 25.0 Å². The zero-order valence-corrected chi connectivity index (χ0v) is 11.6. The number of hydrogen-bond donors (Lipinski definition) is 2. The summed E-state index contributed by atoms with van der Waals surface area (Å²) in [6.07, 6.45) is 5.39. The number of nitrogens with one attached hydrogen (secondary N) is 2. The van der Waals surface area contributed by atoms with E-state index in [2.05, 4.69) is 15.5 Å². The second kappa shape index (κ2) is 5.63. The minimum absolute atomic E-state index is 0.0541. The van der Waals surface area contributed by atoms with Crippen LogP contribution in [0.1, 0.15) is 29.6 Å². The van der Waals surface area contributed by atoms with Gasteiger partial charge in [0.2, 0.25) is 0 Å². The summed E-state index contributed by atoms with van der Waals surface area (Å²) in [6, 6.07) is 5.63. The molecule has 0 aliphatic heterocycles. The number of benzene rings is 1. The third-order valence-electron chi connectivity index (χ3n) is 4.14. The van der Waals surface area contributed by atoms with Gasteiger partial charge in [-0.05, 0) is 18.9 Å². The molecule has 2 unspecified atom stereocenters. The number of aromatic nitrogens is 2. The van der Waals surface area contributed by atoms with Crippen molar-refractivity contribution in [3.8, 4) is 0 Å². The lowest BCUT2D eigenvalue weighted by atomic mass is 10.1. The first-order valence-electron chi connectivity index (χ1n) is 7.02. The van der Waals surface area contributed by atoms with Gasteiger partial charge in [0.15, 0.2) is 0 Å². The normalized spacial score (nSPS) is 22.2. The summed E-state index contributed by atoms with van der Waals surface area (Å²) in [5.41, 5.74) is 1.44. The smallest absolute Gasteiger partial charge is 0.253 e. The maximum Gasteiger partial charge on any atom is 0.253 e. The van der Waals surface area contributed by atoms with E-state index in [9.17, 15) is 4.79 Å². The molecule has 3 rings (SSSR count). The SMILES string of the molecule is COC1CCCC1CNC(=O)c1cccc2cn[nH]c12. The highest BCUT2D eigenvalue weighted by atomic mass is 16.5. The van der Waals surface area contributed by atoms with Crippen LogP contribution in [0.4, 0.5) is 0 Å². The highest BCUT2D eigenvalue weighted by Crippen LogP contribution is 2.27. The molecule has 0 saturated heterocycles. The zero-order chi connectivity index (χ0) is 13.9. The minimum Gasteiger partial charge on any atom is -0.381 e. The molecule has 2 N–H and O–H groups in total. The van der Waals surface area contributed by atoms with Crippen LogP contribution in [0, 0.1) is 5.92 Å². The predicted molar refractivity (Wildman–Crippen MR) is 76.6 cm³/mol. The van der Waals surface area contributed by atoms with Gasteiger partial charge >= 0.3 is 0 Å². The van der Waals surface area contributed by atoms with E-state index in [0.717, 1.165) is 23.7 Å². The van der Waals surface area contributed by atoms with Crippen molar-refractivity contribution in [2.75, 3.05) is 13.7 Å². The molecule has 1 saturated carbocycles. The van der Waals surface area contributed by atoms with Gasteiger partial charge in [0.1, 0.15) is 0 Å². The summed E-state index contributed by atoms with van der Waals surface area (Å²) in [5.74, 6) is 0.367. The van der Waals surface area contributed by atoms with Crippen molar-refractivity contribution in [2.45, 2.75) is 25.4 Å². The van der Waals surface area contributed by atoms with Crippen LogP contribution in [-0.4, -0.2) is 35.9 Å². The van der Waals surface area contributed by atoms with E-state index < -0.39 is 0 Å². The molecule has 0 bridgehead atoms. The Kier molecular flexibility index (Phi) is 3.69. The van der Waals surface area contributed by atoms with Crippen molar-refractivity contribution in [3.05, 3.63) is 30.0 Å². The molecule has 1 amide bonds. The van der Waals surface area contributed by atoms with E-state index in [1.807, 2.05) is 18.2 Å². The number of rotatable bonds is 4. The molecule has 1 aliphatic rings. The number of H-pyrrole nitrogens is 1. The molecule has 1 aromatic heterocycles. The average molecular weight is 273 g/mol. The lowest BCUT2D eigenvalue weighted by Crippen LogP contribution is -2.33. The van der Waals surface area contributed by atoms with Crippen molar-refractivity contribution in [1.29, 1.82) is 0 Å². The highest BCUT2D eigenvalue weighted by molar-refractivity contribution is 6.05. The number of methoxy groups -OCH3 is 1. The van der Waals surface area contributed by atoms with E-state index in [4.69, 9.17) is 4.74 Å². The van der Waals surface area contributed by atoms with E-state index >= 15 is 0 Å². The van der Waals surface area contributed by atoms with Gasteiger partial charge in [-0.25, -0.2) is 0 Å². The second-order valence-corrected chi connectivity index (χ2v) is 5.31. The quantitative estimate of drug-likeness (QED) is 0.896. The number of aromatic amines is 1. The van der Waals surface area contributed by atoms with Crippen LogP contribution in [0.2, 0.25) is 0 Å². The van der Waals surface area contributed by atoms with Crippen LogP contribution >= 0.6 is 0 Å². The molecular weight excluding hydrogens is 254 g/mol. The highest BCUT2D eigenvalue weighted by Gasteiger charge is 2.27. The fraction of sp³-hybridized carbons (Fsp3) is 0.467. The maximum absolute atomic E-state index is 12.3. The number of para-hydroxylation sites is 1. The third kappa shape index (κ3) is 2.41. The van der Waals surface area contributed by atoms with Gasteiger partial charge in [-0.1, -0.05) is 18.6 Å². The standard InChI is InChI=1S/C15H19N3O2/c1-20-13-7-3-4-10(13)8-16-15(19)12-6-2-5-11-9-17-18-14(11)12/h2,5-6,9-10,13H,3-4,7-8H2,1H3,(H,16,19)(H,17,18). The summed E-state index contributed by atoms with van der Waals surface area (Å²) in [4.78, 5) is 12.3. The second-order valence-electron chi connectivity index (χ2n) is 5.31. The van der Waals surface area contributed by atoms with Gasteiger partial charge in [-0.2, -0.15) is 5.10 Å². The number of ether oxygens (including phenoxy) is 1.